The normalized spacial score (nSPS) is 22.9. The highest BCUT2D eigenvalue weighted by molar-refractivity contribution is 5.17. The maximum atomic E-state index is 12.5. The minimum absolute atomic E-state index is 0.0138. The fourth-order valence-corrected chi connectivity index (χ4v) is 3.24. The van der Waals surface area contributed by atoms with Gasteiger partial charge in [0.1, 0.15) is 6.61 Å². The molecule has 0 aromatic carbocycles. The number of morpholine rings is 1. The van der Waals surface area contributed by atoms with Gasteiger partial charge in [-0.25, -0.2) is 0 Å². The zero-order chi connectivity index (χ0) is 15.9. The summed E-state index contributed by atoms with van der Waals surface area (Å²) in [6.45, 7) is 7.70. The predicted molar refractivity (Wildman–Crippen MR) is 89.0 cm³/mol. The molecular weight excluding hydrogens is 294 g/mol. The quantitative estimate of drug-likeness (QED) is 0.830. The van der Waals surface area contributed by atoms with E-state index in [-0.39, 0.29) is 5.56 Å². The summed E-state index contributed by atoms with van der Waals surface area (Å²) in [5, 5.41) is 3.40. The van der Waals surface area contributed by atoms with Gasteiger partial charge in [-0.05, 0) is 44.0 Å². The Bertz CT molecular complexity index is 534. The van der Waals surface area contributed by atoms with Crippen molar-refractivity contribution in [2.45, 2.75) is 19.4 Å². The molecule has 2 aliphatic heterocycles. The molecule has 0 radical (unpaired) electrons. The monoisotopic (exact) mass is 321 g/mol. The number of rotatable bonds is 6. The number of piperidine rings is 1. The average Bonchev–Trinajstić information content (AvgIpc) is 2.60. The average molecular weight is 321 g/mol. The molecule has 3 rings (SSSR count). The zero-order valence-electron chi connectivity index (χ0n) is 13.7. The maximum absolute atomic E-state index is 12.5. The van der Waals surface area contributed by atoms with E-state index in [0.717, 1.165) is 52.5 Å². The first-order chi connectivity index (χ1) is 11.3. The summed E-state index contributed by atoms with van der Waals surface area (Å²) >= 11 is 0. The standard InChI is InChI=1S/C17H27N3O3/c21-17-16(23-12-9-19-7-10-22-11-8-19)4-2-6-20(17)14-15-3-1-5-18-13-15/h2,4,6,15,18H,1,3,5,7-14H2. The van der Waals surface area contributed by atoms with Crippen LogP contribution in [0.1, 0.15) is 12.8 Å². The molecule has 0 aliphatic carbocycles. The van der Waals surface area contributed by atoms with Crippen molar-refractivity contribution in [2.75, 3.05) is 52.5 Å². The molecule has 6 nitrogen and oxygen atoms in total. The van der Waals surface area contributed by atoms with Crippen molar-refractivity contribution in [1.82, 2.24) is 14.8 Å². The maximum Gasteiger partial charge on any atom is 0.292 e. The van der Waals surface area contributed by atoms with Gasteiger partial charge in [0.05, 0.1) is 13.2 Å². The Morgan fingerprint density at radius 1 is 1.35 bits per heavy atom. The molecule has 1 aromatic rings. The lowest BCUT2D eigenvalue weighted by atomic mass is 10.00. The van der Waals surface area contributed by atoms with Crippen molar-refractivity contribution >= 4 is 0 Å². The molecule has 0 saturated carbocycles. The van der Waals surface area contributed by atoms with Gasteiger partial charge >= 0.3 is 0 Å². The van der Waals surface area contributed by atoms with Gasteiger partial charge in [-0.1, -0.05) is 0 Å². The Balaban J connectivity index is 1.52. The van der Waals surface area contributed by atoms with Crippen LogP contribution < -0.4 is 15.6 Å². The lowest BCUT2D eigenvalue weighted by Crippen LogP contribution is -2.39. The molecule has 2 saturated heterocycles. The van der Waals surface area contributed by atoms with E-state index < -0.39 is 0 Å². The van der Waals surface area contributed by atoms with Crippen molar-refractivity contribution in [3.05, 3.63) is 28.7 Å². The zero-order valence-corrected chi connectivity index (χ0v) is 13.7. The molecule has 1 N–H and O–H groups in total. The molecule has 128 valence electrons. The summed E-state index contributed by atoms with van der Waals surface area (Å²) in [5.74, 6) is 0.995. The molecule has 6 heteroatoms. The number of hydrogen-bond acceptors (Lipinski definition) is 5. The van der Waals surface area contributed by atoms with Gasteiger partial charge in [0.25, 0.3) is 5.56 Å². The summed E-state index contributed by atoms with van der Waals surface area (Å²) in [6, 6.07) is 3.68. The van der Waals surface area contributed by atoms with Gasteiger partial charge in [0.2, 0.25) is 0 Å². The summed E-state index contributed by atoms with van der Waals surface area (Å²) in [6.07, 6.45) is 4.24. The largest absolute Gasteiger partial charge is 0.487 e. The Hall–Kier alpha value is -1.37. The summed E-state index contributed by atoms with van der Waals surface area (Å²) in [5.41, 5.74) is -0.0138. The van der Waals surface area contributed by atoms with Crippen LogP contribution in [0.15, 0.2) is 23.1 Å². The molecule has 23 heavy (non-hydrogen) atoms. The van der Waals surface area contributed by atoms with E-state index in [1.165, 1.54) is 12.8 Å². The highest BCUT2D eigenvalue weighted by Gasteiger charge is 2.15. The lowest BCUT2D eigenvalue weighted by molar-refractivity contribution is 0.0321. The van der Waals surface area contributed by atoms with Crippen molar-refractivity contribution in [2.24, 2.45) is 5.92 Å². The van der Waals surface area contributed by atoms with E-state index in [2.05, 4.69) is 10.2 Å². The fourth-order valence-electron chi connectivity index (χ4n) is 3.24. The van der Waals surface area contributed by atoms with Crippen molar-refractivity contribution in [3.63, 3.8) is 0 Å². The number of hydrogen-bond donors (Lipinski definition) is 1. The third-order valence-electron chi connectivity index (χ3n) is 4.61. The molecule has 3 heterocycles. The van der Waals surface area contributed by atoms with Crippen LogP contribution in [0, 0.1) is 5.92 Å². The minimum Gasteiger partial charge on any atom is -0.487 e. The van der Waals surface area contributed by atoms with Crippen LogP contribution in [0.25, 0.3) is 0 Å². The number of ether oxygens (including phenoxy) is 2. The second kappa shape index (κ2) is 8.47. The third kappa shape index (κ3) is 4.80. The van der Waals surface area contributed by atoms with E-state index in [9.17, 15) is 4.79 Å². The number of nitrogens with one attached hydrogen (secondary N) is 1. The van der Waals surface area contributed by atoms with Crippen LogP contribution in [0.5, 0.6) is 5.75 Å². The Morgan fingerprint density at radius 3 is 3.00 bits per heavy atom. The molecule has 1 atom stereocenters. The van der Waals surface area contributed by atoms with Gasteiger partial charge in [-0.2, -0.15) is 0 Å². The second-order valence-corrected chi connectivity index (χ2v) is 6.34. The SMILES string of the molecule is O=c1c(OCCN2CCOCC2)cccn1CC1CCCNC1. The molecular formula is C17H27N3O3. The molecule has 2 fully saturated rings. The van der Waals surface area contributed by atoms with Crippen LogP contribution in [0.4, 0.5) is 0 Å². The summed E-state index contributed by atoms with van der Waals surface area (Å²) in [4.78, 5) is 14.8. The highest BCUT2D eigenvalue weighted by atomic mass is 16.5. The van der Waals surface area contributed by atoms with Gasteiger partial charge in [-0.15, -0.1) is 0 Å². The molecule has 2 aliphatic rings. The molecule has 0 bridgehead atoms. The van der Waals surface area contributed by atoms with Gasteiger partial charge < -0.3 is 19.4 Å². The van der Waals surface area contributed by atoms with Crippen LogP contribution in [0.2, 0.25) is 0 Å². The smallest absolute Gasteiger partial charge is 0.292 e. The van der Waals surface area contributed by atoms with Crippen LogP contribution in [0.3, 0.4) is 0 Å². The number of nitrogens with zero attached hydrogens (tertiary/aromatic N) is 2. The van der Waals surface area contributed by atoms with Gasteiger partial charge in [0.15, 0.2) is 5.75 Å². The molecule has 0 spiro atoms. The van der Waals surface area contributed by atoms with E-state index in [0.29, 0.717) is 18.3 Å². The number of pyridine rings is 1. The predicted octanol–water partition coefficient (Wildman–Crippen LogP) is 0.559. The Labute approximate surface area is 137 Å². The van der Waals surface area contributed by atoms with E-state index >= 15 is 0 Å². The van der Waals surface area contributed by atoms with Crippen molar-refractivity contribution in [1.29, 1.82) is 0 Å². The summed E-state index contributed by atoms with van der Waals surface area (Å²) < 4.78 is 12.9. The van der Waals surface area contributed by atoms with Crippen molar-refractivity contribution < 1.29 is 9.47 Å². The Morgan fingerprint density at radius 2 is 2.22 bits per heavy atom. The van der Waals surface area contributed by atoms with Crippen molar-refractivity contribution in [3.8, 4) is 5.75 Å². The number of aromatic nitrogens is 1. The van der Waals surface area contributed by atoms with E-state index in [1.807, 2.05) is 12.3 Å². The summed E-state index contributed by atoms with van der Waals surface area (Å²) in [7, 11) is 0. The fraction of sp³-hybridized carbons (Fsp3) is 0.706. The van der Waals surface area contributed by atoms with E-state index in [4.69, 9.17) is 9.47 Å². The molecule has 1 unspecified atom stereocenters. The lowest BCUT2D eigenvalue weighted by Gasteiger charge is -2.26. The Kier molecular flexibility index (Phi) is 6.07. The first kappa shape index (κ1) is 16.5. The second-order valence-electron chi connectivity index (χ2n) is 6.34. The van der Waals surface area contributed by atoms with Crippen LogP contribution in [-0.2, 0) is 11.3 Å². The topological polar surface area (TPSA) is 55.7 Å². The minimum atomic E-state index is -0.0138. The third-order valence-corrected chi connectivity index (χ3v) is 4.61. The van der Waals surface area contributed by atoms with Gasteiger partial charge in [-0.3, -0.25) is 9.69 Å². The van der Waals surface area contributed by atoms with Gasteiger partial charge in [0, 0.05) is 32.4 Å². The van der Waals surface area contributed by atoms with E-state index in [1.54, 1.807) is 10.6 Å². The highest BCUT2D eigenvalue weighted by Crippen LogP contribution is 2.12. The van der Waals surface area contributed by atoms with Crippen LogP contribution in [-0.4, -0.2) is 62.0 Å². The van der Waals surface area contributed by atoms with Crippen LogP contribution >= 0.6 is 0 Å². The first-order valence-electron chi connectivity index (χ1n) is 8.66. The molecule has 0 amide bonds. The molecule has 1 aromatic heterocycles. The first-order valence-corrected chi connectivity index (χ1v) is 8.66.